The van der Waals surface area contributed by atoms with Crippen molar-refractivity contribution < 1.29 is 9.59 Å². The van der Waals surface area contributed by atoms with Crippen molar-refractivity contribution in [2.24, 2.45) is 5.92 Å². The number of piperazine rings is 1. The van der Waals surface area contributed by atoms with E-state index in [9.17, 15) is 9.59 Å². The number of rotatable bonds is 3. The van der Waals surface area contributed by atoms with Crippen molar-refractivity contribution in [2.45, 2.75) is 19.3 Å². The second-order valence-corrected chi connectivity index (χ2v) is 7.03. The maximum Gasteiger partial charge on any atom is 0.255 e. The van der Waals surface area contributed by atoms with E-state index >= 15 is 0 Å². The molecule has 128 valence electrons. The lowest BCUT2D eigenvalue weighted by molar-refractivity contribution is -0.133. The number of allylic oxidation sites excluding steroid dienone is 2. The molecule has 0 N–H and O–H groups in total. The summed E-state index contributed by atoms with van der Waals surface area (Å²) in [6.07, 6.45) is 6.99. The fraction of sp³-hybridized carbons (Fsp3) is 0.444. The number of benzene rings is 1. The van der Waals surface area contributed by atoms with E-state index in [-0.39, 0.29) is 16.8 Å². The van der Waals surface area contributed by atoms with E-state index in [2.05, 4.69) is 12.2 Å². The van der Waals surface area contributed by atoms with Gasteiger partial charge >= 0.3 is 0 Å². The SMILES string of the molecule is O=C(C[C@H]1C=CCC1)N1CCN(C(=O)c2cccc(Cl)c2Cl)CC1. The van der Waals surface area contributed by atoms with Crippen molar-refractivity contribution in [3.63, 3.8) is 0 Å². The van der Waals surface area contributed by atoms with Gasteiger partial charge in [-0.1, -0.05) is 41.4 Å². The van der Waals surface area contributed by atoms with Gasteiger partial charge in [-0.15, -0.1) is 0 Å². The van der Waals surface area contributed by atoms with Crippen LogP contribution in [0.5, 0.6) is 0 Å². The minimum atomic E-state index is -0.131. The Balaban J connectivity index is 1.56. The molecular weight excluding hydrogens is 347 g/mol. The fourth-order valence-electron chi connectivity index (χ4n) is 3.22. The van der Waals surface area contributed by atoms with Gasteiger partial charge in [-0.25, -0.2) is 0 Å². The number of carbonyl (C=O) groups is 2. The topological polar surface area (TPSA) is 40.6 Å². The van der Waals surface area contributed by atoms with Crippen LogP contribution in [0.2, 0.25) is 10.0 Å². The van der Waals surface area contributed by atoms with Crippen molar-refractivity contribution in [3.05, 3.63) is 46.0 Å². The predicted octanol–water partition coefficient (Wildman–Crippen LogP) is 3.63. The van der Waals surface area contributed by atoms with E-state index in [0.717, 1.165) is 12.8 Å². The molecular formula is C18H20Cl2N2O2. The summed E-state index contributed by atoms with van der Waals surface area (Å²) in [6.45, 7) is 2.18. The van der Waals surface area contributed by atoms with Crippen LogP contribution in [0.15, 0.2) is 30.4 Å². The van der Waals surface area contributed by atoms with Gasteiger partial charge in [-0.05, 0) is 30.9 Å². The van der Waals surface area contributed by atoms with Crippen molar-refractivity contribution in [3.8, 4) is 0 Å². The lowest BCUT2D eigenvalue weighted by Crippen LogP contribution is -2.50. The van der Waals surface area contributed by atoms with Gasteiger partial charge in [-0.2, -0.15) is 0 Å². The molecule has 1 aromatic rings. The molecule has 1 heterocycles. The van der Waals surface area contributed by atoms with E-state index in [0.29, 0.717) is 49.1 Å². The van der Waals surface area contributed by atoms with Crippen molar-refractivity contribution >= 4 is 35.0 Å². The Labute approximate surface area is 152 Å². The lowest BCUT2D eigenvalue weighted by atomic mass is 10.0. The molecule has 1 aromatic carbocycles. The summed E-state index contributed by atoms with van der Waals surface area (Å²) in [5.74, 6) is 0.426. The minimum Gasteiger partial charge on any atom is -0.339 e. The third-order valence-corrected chi connectivity index (χ3v) is 5.47. The first-order valence-corrected chi connectivity index (χ1v) is 8.99. The highest BCUT2D eigenvalue weighted by atomic mass is 35.5. The molecule has 0 radical (unpaired) electrons. The molecule has 1 saturated heterocycles. The van der Waals surface area contributed by atoms with Gasteiger partial charge in [0.2, 0.25) is 5.91 Å². The highest BCUT2D eigenvalue weighted by Crippen LogP contribution is 2.27. The summed E-state index contributed by atoms with van der Waals surface area (Å²) in [5, 5.41) is 0.664. The molecule has 1 atom stereocenters. The third kappa shape index (κ3) is 3.76. The Hall–Kier alpha value is -1.52. The molecule has 2 aliphatic rings. The molecule has 24 heavy (non-hydrogen) atoms. The summed E-state index contributed by atoms with van der Waals surface area (Å²) < 4.78 is 0. The predicted molar refractivity (Wildman–Crippen MR) is 95.4 cm³/mol. The van der Waals surface area contributed by atoms with Crippen molar-refractivity contribution in [1.82, 2.24) is 9.80 Å². The van der Waals surface area contributed by atoms with Gasteiger partial charge in [0, 0.05) is 32.6 Å². The zero-order chi connectivity index (χ0) is 17.1. The number of halogens is 2. The number of nitrogens with zero attached hydrogens (tertiary/aromatic N) is 2. The summed E-state index contributed by atoms with van der Waals surface area (Å²) in [4.78, 5) is 28.5. The second kappa shape index (κ2) is 7.58. The monoisotopic (exact) mass is 366 g/mol. The largest absolute Gasteiger partial charge is 0.339 e. The molecule has 0 saturated carbocycles. The van der Waals surface area contributed by atoms with Gasteiger partial charge in [0.15, 0.2) is 0 Å². The van der Waals surface area contributed by atoms with Crippen LogP contribution in [0.3, 0.4) is 0 Å². The molecule has 0 spiro atoms. The Morgan fingerprint density at radius 2 is 1.79 bits per heavy atom. The van der Waals surface area contributed by atoms with E-state index < -0.39 is 0 Å². The molecule has 0 unspecified atom stereocenters. The van der Waals surface area contributed by atoms with Crippen LogP contribution in [-0.4, -0.2) is 47.8 Å². The zero-order valence-corrected chi connectivity index (χ0v) is 14.9. The molecule has 0 bridgehead atoms. The first-order chi connectivity index (χ1) is 11.6. The van der Waals surface area contributed by atoms with Crippen molar-refractivity contribution in [1.29, 1.82) is 0 Å². The van der Waals surface area contributed by atoms with Gasteiger partial charge in [0.1, 0.15) is 0 Å². The Morgan fingerprint density at radius 1 is 1.08 bits per heavy atom. The average Bonchev–Trinajstić information content (AvgIpc) is 3.10. The molecule has 4 nitrogen and oxygen atoms in total. The normalized spacial score (nSPS) is 20.5. The number of amides is 2. The molecule has 1 aliphatic heterocycles. The molecule has 1 fully saturated rings. The molecule has 6 heteroatoms. The van der Waals surface area contributed by atoms with Crippen LogP contribution in [0, 0.1) is 5.92 Å². The first-order valence-electron chi connectivity index (χ1n) is 8.24. The third-order valence-electron chi connectivity index (χ3n) is 4.65. The van der Waals surface area contributed by atoms with Crippen LogP contribution in [0.4, 0.5) is 0 Å². The summed E-state index contributed by atoms with van der Waals surface area (Å²) in [7, 11) is 0. The van der Waals surface area contributed by atoms with Crippen LogP contribution < -0.4 is 0 Å². The summed E-state index contributed by atoms with van der Waals surface area (Å²) in [6, 6.07) is 5.06. The van der Waals surface area contributed by atoms with Gasteiger partial charge in [-0.3, -0.25) is 9.59 Å². The highest BCUT2D eigenvalue weighted by Gasteiger charge is 2.27. The zero-order valence-electron chi connectivity index (χ0n) is 13.4. The minimum absolute atomic E-state index is 0.131. The Morgan fingerprint density at radius 3 is 2.46 bits per heavy atom. The average molecular weight is 367 g/mol. The first kappa shape index (κ1) is 17.3. The Kier molecular flexibility index (Phi) is 5.47. The van der Waals surface area contributed by atoms with Crippen LogP contribution >= 0.6 is 23.2 Å². The van der Waals surface area contributed by atoms with Gasteiger partial charge in [0.05, 0.1) is 15.6 Å². The van der Waals surface area contributed by atoms with Crippen LogP contribution in [-0.2, 0) is 4.79 Å². The maximum absolute atomic E-state index is 12.6. The molecule has 0 aromatic heterocycles. The summed E-state index contributed by atoms with van der Waals surface area (Å²) in [5.41, 5.74) is 0.417. The van der Waals surface area contributed by atoms with Crippen LogP contribution in [0.1, 0.15) is 29.6 Å². The summed E-state index contributed by atoms with van der Waals surface area (Å²) >= 11 is 12.1. The lowest BCUT2D eigenvalue weighted by Gasteiger charge is -2.35. The van der Waals surface area contributed by atoms with E-state index in [1.54, 1.807) is 23.1 Å². The number of carbonyl (C=O) groups excluding carboxylic acids is 2. The van der Waals surface area contributed by atoms with Gasteiger partial charge in [0.25, 0.3) is 5.91 Å². The maximum atomic E-state index is 12.6. The highest BCUT2D eigenvalue weighted by molar-refractivity contribution is 6.43. The van der Waals surface area contributed by atoms with E-state index in [4.69, 9.17) is 23.2 Å². The smallest absolute Gasteiger partial charge is 0.255 e. The van der Waals surface area contributed by atoms with Gasteiger partial charge < -0.3 is 9.80 Å². The van der Waals surface area contributed by atoms with E-state index in [1.807, 2.05) is 4.90 Å². The quantitative estimate of drug-likeness (QED) is 0.766. The molecule has 3 rings (SSSR count). The standard InChI is InChI=1S/C18H20Cl2N2O2/c19-15-7-3-6-14(17(15)20)18(24)22-10-8-21(9-11-22)16(23)12-13-4-1-2-5-13/h1,3-4,6-7,13H,2,5,8-12H2/t13-/m0/s1. The van der Waals surface area contributed by atoms with Crippen LogP contribution in [0.25, 0.3) is 0 Å². The number of hydrogen-bond acceptors (Lipinski definition) is 2. The van der Waals surface area contributed by atoms with Crippen molar-refractivity contribution in [2.75, 3.05) is 26.2 Å². The number of hydrogen-bond donors (Lipinski definition) is 0. The molecule has 1 aliphatic carbocycles. The molecule has 2 amide bonds. The fourth-order valence-corrected chi connectivity index (χ4v) is 3.60. The van der Waals surface area contributed by atoms with E-state index in [1.165, 1.54) is 0 Å². The Bertz CT molecular complexity index is 667. The second-order valence-electron chi connectivity index (χ2n) is 6.24.